The number of hydrogen-bond acceptors (Lipinski definition) is 6. The minimum absolute atomic E-state index is 0.130. The van der Waals surface area contributed by atoms with E-state index in [1.807, 2.05) is 24.3 Å². The summed E-state index contributed by atoms with van der Waals surface area (Å²) in [6, 6.07) is 13.9. The van der Waals surface area contributed by atoms with Gasteiger partial charge in [-0.25, -0.2) is 16.8 Å². The molecule has 10 heteroatoms. The van der Waals surface area contributed by atoms with Crippen LogP contribution in [0, 0.1) is 0 Å². The van der Waals surface area contributed by atoms with Gasteiger partial charge < -0.3 is 9.64 Å². The molecule has 0 bridgehead atoms. The zero-order valence-electron chi connectivity index (χ0n) is 17.5. The number of rotatable bonds is 5. The van der Waals surface area contributed by atoms with Crippen LogP contribution in [0.3, 0.4) is 0 Å². The van der Waals surface area contributed by atoms with Gasteiger partial charge >= 0.3 is 0 Å². The van der Waals surface area contributed by atoms with E-state index in [2.05, 4.69) is 4.90 Å². The van der Waals surface area contributed by atoms with Gasteiger partial charge in [0.25, 0.3) is 0 Å². The minimum atomic E-state index is -3.64. The van der Waals surface area contributed by atoms with Gasteiger partial charge in [0.2, 0.25) is 20.0 Å². The molecule has 0 radical (unpaired) electrons. The summed E-state index contributed by atoms with van der Waals surface area (Å²) < 4.78 is 58.8. The maximum Gasteiger partial charge on any atom is 0.243 e. The number of nitrogens with zero attached hydrogens (tertiary/aromatic N) is 3. The van der Waals surface area contributed by atoms with E-state index in [9.17, 15) is 16.8 Å². The number of piperazine rings is 1. The molecule has 4 rings (SSSR count). The molecular formula is C21H27N3O5S2. The number of hydrogen-bond donors (Lipinski definition) is 0. The van der Waals surface area contributed by atoms with Gasteiger partial charge in [0.05, 0.1) is 23.4 Å². The lowest BCUT2D eigenvalue weighted by molar-refractivity contribution is 0.384. The minimum Gasteiger partial charge on any atom is -0.497 e. The quantitative estimate of drug-likeness (QED) is 0.672. The fourth-order valence-electron chi connectivity index (χ4n) is 3.99. The number of ether oxygens (including phenoxy) is 1. The summed E-state index contributed by atoms with van der Waals surface area (Å²) in [7, 11) is -5.34. The molecule has 168 valence electrons. The van der Waals surface area contributed by atoms with Gasteiger partial charge in [0.1, 0.15) is 5.75 Å². The Labute approximate surface area is 184 Å². The fourth-order valence-corrected chi connectivity index (χ4v) is 7.05. The normalized spacial score (nSPS) is 19.9. The van der Waals surface area contributed by atoms with Crippen LogP contribution in [0.2, 0.25) is 0 Å². The summed E-state index contributed by atoms with van der Waals surface area (Å²) in [5, 5.41) is 0. The summed E-state index contributed by atoms with van der Waals surface area (Å²) >= 11 is 0. The van der Waals surface area contributed by atoms with Crippen molar-refractivity contribution in [3.8, 4) is 5.75 Å². The summed E-state index contributed by atoms with van der Waals surface area (Å²) in [5.74, 6) is 0.914. The molecule has 0 amide bonds. The Morgan fingerprint density at radius 2 is 1.42 bits per heavy atom. The van der Waals surface area contributed by atoms with E-state index in [1.54, 1.807) is 19.2 Å². The van der Waals surface area contributed by atoms with Gasteiger partial charge in [0.15, 0.2) is 0 Å². The van der Waals surface area contributed by atoms with E-state index in [4.69, 9.17) is 4.74 Å². The van der Waals surface area contributed by atoms with E-state index < -0.39 is 20.0 Å². The summed E-state index contributed by atoms with van der Waals surface area (Å²) in [6.07, 6.45) is 1.46. The summed E-state index contributed by atoms with van der Waals surface area (Å²) in [5.41, 5.74) is 1.55. The Morgan fingerprint density at radius 3 is 2.00 bits per heavy atom. The van der Waals surface area contributed by atoms with E-state index in [-0.39, 0.29) is 10.6 Å². The molecule has 31 heavy (non-hydrogen) atoms. The largest absolute Gasteiger partial charge is 0.497 e. The molecule has 2 saturated heterocycles. The lowest BCUT2D eigenvalue weighted by atomic mass is 10.2. The molecule has 0 atom stereocenters. The monoisotopic (exact) mass is 465 g/mol. The molecule has 2 heterocycles. The molecule has 8 nitrogen and oxygen atoms in total. The van der Waals surface area contributed by atoms with Crippen molar-refractivity contribution in [3.63, 3.8) is 0 Å². The van der Waals surface area contributed by atoms with Gasteiger partial charge in [-0.1, -0.05) is 0 Å². The maximum absolute atomic E-state index is 13.1. The van der Waals surface area contributed by atoms with E-state index in [0.29, 0.717) is 44.8 Å². The molecular weight excluding hydrogens is 438 g/mol. The molecule has 0 saturated carbocycles. The highest BCUT2D eigenvalue weighted by Crippen LogP contribution is 2.27. The predicted octanol–water partition coefficient (Wildman–Crippen LogP) is 2.14. The number of anilines is 2. The van der Waals surface area contributed by atoms with Gasteiger partial charge in [-0.05, 0) is 61.4 Å². The molecule has 0 spiro atoms. The van der Waals surface area contributed by atoms with Gasteiger partial charge in [-0.15, -0.1) is 0 Å². The molecule has 0 aliphatic carbocycles. The van der Waals surface area contributed by atoms with Crippen LogP contribution in [0.4, 0.5) is 11.4 Å². The van der Waals surface area contributed by atoms with Gasteiger partial charge in [-0.3, -0.25) is 4.31 Å². The summed E-state index contributed by atoms with van der Waals surface area (Å²) in [4.78, 5) is 2.33. The van der Waals surface area contributed by atoms with Crippen molar-refractivity contribution in [3.05, 3.63) is 48.5 Å². The number of benzene rings is 2. The SMILES string of the molecule is COc1ccc(N2CCN(S(=O)(=O)c3ccc(N4CCCCS4(=O)=O)cc3)CC2)cc1. The number of methoxy groups -OCH3 is 1. The fraction of sp³-hybridized carbons (Fsp3) is 0.429. The third-order valence-electron chi connectivity index (χ3n) is 5.79. The molecule has 2 aromatic carbocycles. The lowest BCUT2D eigenvalue weighted by Gasteiger charge is -2.35. The van der Waals surface area contributed by atoms with Crippen molar-refractivity contribution in [1.29, 1.82) is 0 Å². The third kappa shape index (κ3) is 4.51. The predicted molar refractivity (Wildman–Crippen MR) is 121 cm³/mol. The standard InChI is InChI=1S/C21H27N3O5S2/c1-29-20-8-4-18(5-9-20)22-13-15-23(16-14-22)31(27,28)21-10-6-19(7-11-21)24-12-2-3-17-30(24,25)26/h4-11H,2-3,12-17H2,1H3. The van der Waals surface area contributed by atoms with Crippen LogP contribution in [0.5, 0.6) is 5.75 Å². The third-order valence-corrected chi connectivity index (χ3v) is 9.57. The van der Waals surface area contributed by atoms with Crippen LogP contribution in [-0.4, -0.2) is 66.7 Å². The zero-order chi connectivity index (χ0) is 22.1. The first kappa shape index (κ1) is 21.9. The van der Waals surface area contributed by atoms with Crippen molar-refractivity contribution in [2.45, 2.75) is 17.7 Å². The zero-order valence-corrected chi connectivity index (χ0v) is 19.1. The van der Waals surface area contributed by atoms with Crippen LogP contribution < -0.4 is 13.9 Å². The molecule has 0 aromatic heterocycles. The topological polar surface area (TPSA) is 87.2 Å². The van der Waals surface area contributed by atoms with Crippen molar-refractivity contribution >= 4 is 31.4 Å². The Hall–Kier alpha value is -2.30. The van der Waals surface area contributed by atoms with Gasteiger partial charge in [0, 0.05) is 38.4 Å². The van der Waals surface area contributed by atoms with E-state index in [0.717, 1.165) is 17.9 Å². The van der Waals surface area contributed by atoms with Crippen molar-refractivity contribution in [2.75, 3.05) is 54.8 Å². The van der Waals surface area contributed by atoms with Crippen molar-refractivity contribution in [1.82, 2.24) is 4.31 Å². The second kappa shape index (κ2) is 8.68. The second-order valence-electron chi connectivity index (χ2n) is 7.68. The molecule has 0 N–H and O–H groups in total. The lowest BCUT2D eigenvalue weighted by Crippen LogP contribution is -2.48. The first-order valence-electron chi connectivity index (χ1n) is 10.3. The van der Waals surface area contributed by atoms with Crippen LogP contribution in [0.25, 0.3) is 0 Å². The van der Waals surface area contributed by atoms with Crippen LogP contribution in [0.1, 0.15) is 12.8 Å². The van der Waals surface area contributed by atoms with E-state index >= 15 is 0 Å². The first-order valence-corrected chi connectivity index (χ1v) is 13.4. The number of sulfonamides is 2. The Bertz CT molecular complexity index is 1110. The molecule has 2 aromatic rings. The highest BCUT2D eigenvalue weighted by Gasteiger charge is 2.30. The van der Waals surface area contributed by atoms with Crippen LogP contribution in [-0.2, 0) is 20.0 Å². The Morgan fingerprint density at radius 1 is 0.806 bits per heavy atom. The maximum atomic E-state index is 13.1. The Kier molecular flexibility index (Phi) is 6.14. The highest BCUT2D eigenvalue weighted by molar-refractivity contribution is 7.92. The summed E-state index contributed by atoms with van der Waals surface area (Å²) in [6.45, 7) is 2.39. The highest BCUT2D eigenvalue weighted by atomic mass is 32.2. The van der Waals surface area contributed by atoms with Crippen molar-refractivity contribution in [2.24, 2.45) is 0 Å². The van der Waals surface area contributed by atoms with Crippen molar-refractivity contribution < 1.29 is 21.6 Å². The van der Waals surface area contributed by atoms with Crippen LogP contribution >= 0.6 is 0 Å². The average Bonchev–Trinajstić information content (AvgIpc) is 2.79. The molecule has 2 aliphatic rings. The van der Waals surface area contributed by atoms with E-state index in [1.165, 1.54) is 20.7 Å². The second-order valence-corrected chi connectivity index (χ2v) is 11.6. The van der Waals surface area contributed by atoms with Gasteiger partial charge in [-0.2, -0.15) is 4.31 Å². The average molecular weight is 466 g/mol. The smallest absolute Gasteiger partial charge is 0.243 e. The molecule has 0 unspecified atom stereocenters. The first-order chi connectivity index (χ1) is 14.8. The molecule has 2 fully saturated rings. The van der Waals surface area contributed by atoms with Crippen LogP contribution in [0.15, 0.2) is 53.4 Å². The Balaban J connectivity index is 1.44. The molecule has 2 aliphatic heterocycles.